The minimum absolute atomic E-state index is 0.161. The Morgan fingerprint density at radius 2 is 2.05 bits per heavy atom. The molecule has 0 spiro atoms. The molecule has 0 saturated carbocycles. The van der Waals surface area contributed by atoms with Gasteiger partial charge >= 0.3 is 5.97 Å². The van der Waals surface area contributed by atoms with Crippen LogP contribution < -0.4 is 5.32 Å². The molecule has 1 atom stereocenters. The van der Waals surface area contributed by atoms with Gasteiger partial charge in [0.05, 0.1) is 6.61 Å². The Balaban J connectivity index is 2.06. The molecule has 4 nitrogen and oxygen atoms in total. The summed E-state index contributed by atoms with van der Waals surface area (Å²) in [6.45, 7) is 9.53. The van der Waals surface area contributed by atoms with Gasteiger partial charge in [0.25, 0.3) is 0 Å². The molecule has 4 heteroatoms. The third-order valence-corrected chi connectivity index (χ3v) is 4.04. The number of rotatable bonds is 6. The number of fused-ring (bicyclic) bond motifs is 1. The molecule has 1 aromatic rings. The van der Waals surface area contributed by atoms with Crippen molar-refractivity contribution in [2.24, 2.45) is 0 Å². The topological polar surface area (TPSA) is 41.6 Å². The molecule has 0 amide bonds. The van der Waals surface area contributed by atoms with E-state index in [1.54, 1.807) is 0 Å². The maximum atomic E-state index is 12.3. The minimum Gasteiger partial charge on any atom is -0.465 e. The molecule has 1 N–H and O–H groups in total. The number of carbonyl (C=O) groups is 1. The second-order valence-corrected chi connectivity index (χ2v) is 5.81. The SMILES string of the molecule is CCNC(C)(CN1CCc2ccccc2C1)C(=O)OCC. The number of hydrogen-bond acceptors (Lipinski definition) is 4. The van der Waals surface area contributed by atoms with Gasteiger partial charge in [-0.15, -0.1) is 0 Å². The standard InChI is InChI=1S/C17H26N2O2/c1-4-18-17(3,16(20)21-5-2)13-19-11-10-14-8-6-7-9-15(14)12-19/h6-9,18H,4-5,10-13H2,1-3H3. The lowest BCUT2D eigenvalue weighted by Gasteiger charge is -2.36. The highest BCUT2D eigenvalue weighted by molar-refractivity contribution is 5.80. The number of nitrogens with zero attached hydrogens (tertiary/aromatic N) is 1. The second kappa shape index (κ2) is 7.05. The molecule has 0 radical (unpaired) electrons. The van der Waals surface area contributed by atoms with Gasteiger partial charge in [0, 0.05) is 19.6 Å². The smallest absolute Gasteiger partial charge is 0.327 e. The highest BCUT2D eigenvalue weighted by Gasteiger charge is 2.36. The summed E-state index contributed by atoms with van der Waals surface area (Å²) in [6.07, 6.45) is 1.04. The lowest BCUT2D eigenvalue weighted by molar-refractivity contribution is -0.151. The molecule has 1 aromatic carbocycles. The fourth-order valence-corrected chi connectivity index (χ4v) is 3.01. The Hall–Kier alpha value is -1.39. The maximum Gasteiger partial charge on any atom is 0.327 e. The number of carbonyl (C=O) groups excluding carboxylic acids is 1. The van der Waals surface area contributed by atoms with Gasteiger partial charge in [-0.05, 0) is 37.9 Å². The van der Waals surface area contributed by atoms with Crippen LogP contribution in [0.1, 0.15) is 31.9 Å². The van der Waals surface area contributed by atoms with Crippen LogP contribution in [0, 0.1) is 0 Å². The van der Waals surface area contributed by atoms with Crippen molar-refractivity contribution in [3.63, 3.8) is 0 Å². The molecule has 1 aliphatic rings. The van der Waals surface area contributed by atoms with Crippen molar-refractivity contribution in [3.8, 4) is 0 Å². The number of likely N-dealkylation sites (N-methyl/N-ethyl adjacent to an activating group) is 1. The van der Waals surface area contributed by atoms with E-state index in [0.29, 0.717) is 13.2 Å². The summed E-state index contributed by atoms with van der Waals surface area (Å²) in [4.78, 5) is 14.6. The van der Waals surface area contributed by atoms with Crippen molar-refractivity contribution in [3.05, 3.63) is 35.4 Å². The van der Waals surface area contributed by atoms with Crippen LogP contribution in [-0.2, 0) is 22.5 Å². The lowest BCUT2D eigenvalue weighted by Crippen LogP contribution is -2.58. The summed E-state index contributed by atoms with van der Waals surface area (Å²) >= 11 is 0. The van der Waals surface area contributed by atoms with E-state index in [4.69, 9.17) is 4.74 Å². The van der Waals surface area contributed by atoms with E-state index in [1.807, 2.05) is 20.8 Å². The molecule has 1 unspecified atom stereocenters. The molecule has 1 aliphatic heterocycles. The van der Waals surface area contributed by atoms with E-state index in [2.05, 4.69) is 34.5 Å². The highest BCUT2D eigenvalue weighted by Crippen LogP contribution is 2.20. The summed E-state index contributed by atoms with van der Waals surface area (Å²) in [7, 11) is 0. The van der Waals surface area contributed by atoms with Crippen LogP contribution in [0.5, 0.6) is 0 Å². The molecular formula is C17H26N2O2. The quantitative estimate of drug-likeness (QED) is 0.813. The van der Waals surface area contributed by atoms with E-state index in [9.17, 15) is 4.79 Å². The van der Waals surface area contributed by atoms with Gasteiger partial charge in [-0.1, -0.05) is 31.2 Å². The maximum absolute atomic E-state index is 12.3. The van der Waals surface area contributed by atoms with Gasteiger partial charge in [0.2, 0.25) is 0 Å². The zero-order valence-electron chi connectivity index (χ0n) is 13.3. The van der Waals surface area contributed by atoms with Crippen LogP contribution >= 0.6 is 0 Å². The molecule has 0 saturated heterocycles. The molecule has 0 bridgehead atoms. The number of benzene rings is 1. The van der Waals surface area contributed by atoms with Crippen molar-refractivity contribution in [2.45, 2.75) is 39.3 Å². The van der Waals surface area contributed by atoms with Crippen molar-refractivity contribution < 1.29 is 9.53 Å². The first-order chi connectivity index (χ1) is 10.1. The minimum atomic E-state index is -0.642. The molecule has 21 heavy (non-hydrogen) atoms. The number of esters is 1. The first kappa shape index (κ1) is 16.0. The van der Waals surface area contributed by atoms with Crippen molar-refractivity contribution >= 4 is 5.97 Å². The molecule has 0 aliphatic carbocycles. The van der Waals surface area contributed by atoms with E-state index in [0.717, 1.165) is 26.1 Å². The number of ether oxygens (including phenoxy) is 1. The van der Waals surface area contributed by atoms with Crippen LogP contribution in [0.3, 0.4) is 0 Å². The van der Waals surface area contributed by atoms with Crippen LogP contribution in [-0.4, -0.2) is 42.6 Å². The Labute approximate surface area is 127 Å². The van der Waals surface area contributed by atoms with Gasteiger partial charge in [-0.25, -0.2) is 0 Å². The number of nitrogens with one attached hydrogen (secondary N) is 1. The lowest BCUT2D eigenvalue weighted by atomic mass is 9.96. The number of hydrogen-bond donors (Lipinski definition) is 1. The van der Waals surface area contributed by atoms with Gasteiger partial charge in [-0.3, -0.25) is 9.69 Å². The van der Waals surface area contributed by atoms with E-state index >= 15 is 0 Å². The summed E-state index contributed by atoms with van der Waals surface area (Å²) in [5.41, 5.74) is 2.15. The third-order valence-electron chi connectivity index (χ3n) is 4.04. The van der Waals surface area contributed by atoms with Crippen molar-refractivity contribution in [2.75, 3.05) is 26.2 Å². The van der Waals surface area contributed by atoms with Crippen LogP contribution in [0.4, 0.5) is 0 Å². The molecule has 0 fully saturated rings. The summed E-state index contributed by atoms with van der Waals surface area (Å²) < 4.78 is 5.24. The van der Waals surface area contributed by atoms with Crippen molar-refractivity contribution in [1.29, 1.82) is 0 Å². The largest absolute Gasteiger partial charge is 0.465 e. The Bertz CT molecular complexity index is 489. The summed E-state index contributed by atoms with van der Waals surface area (Å²) in [5.74, 6) is -0.161. The van der Waals surface area contributed by atoms with Crippen LogP contribution in [0.25, 0.3) is 0 Å². The normalized spacial score (nSPS) is 17.9. The molecule has 116 valence electrons. The van der Waals surface area contributed by atoms with E-state index in [-0.39, 0.29) is 5.97 Å². The second-order valence-electron chi connectivity index (χ2n) is 5.81. The molecular weight excluding hydrogens is 264 g/mol. The summed E-state index contributed by atoms with van der Waals surface area (Å²) in [6, 6.07) is 8.55. The zero-order valence-corrected chi connectivity index (χ0v) is 13.3. The monoisotopic (exact) mass is 290 g/mol. The van der Waals surface area contributed by atoms with Crippen molar-refractivity contribution in [1.82, 2.24) is 10.2 Å². The zero-order chi connectivity index (χ0) is 15.3. The highest BCUT2D eigenvalue weighted by atomic mass is 16.5. The van der Waals surface area contributed by atoms with Crippen LogP contribution in [0.15, 0.2) is 24.3 Å². The first-order valence-electron chi connectivity index (χ1n) is 7.80. The van der Waals surface area contributed by atoms with Gasteiger partial charge < -0.3 is 10.1 Å². The molecule has 1 heterocycles. The Kier molecular flexibility index (Phi) is 5.37. The average Bonchev–Trinajstić information content (AvgIpc) is 2.47. The Morgan fingerprint density at radius 1 is 1.33 bits per heavy atom. The van der Waals surface area contributed by atoms with Gasteiger partial charge in [0.1, 0.15) is 5.54 Å². The summed E-state index contributed by atoms with van der Waals surface area (Å²) in [5, 5.41) is 3.30. The predicted octanol–water partition coefficient (Wildman–Crippen LogP) is 1.98. The predicted molar refractivity (Wildman–Crippen MR) is 84.1 cm³/mol. The molecule has 0 aromatic heterocycles. The van der Waals surface area contributed by atoms with E-state index < -0.39 is 5.54 Å². The van der Waals surface area contributed by atoms with Gasteiger partial charge in [0.15, 0.2) is 0 Å². The van der Waals surface area contributed by atoms with Crippen LogP contribution in [0.2, 0.25) is 0 Å². The fraction of sp³-hybridized carbons (Fsp3) is 0.588. The first-order valence-corrected chi connectivity index (χ1v) is 7.80. The van der Waals surface area contributed by atoms with Gasteiger partial charge in [-0.2, -0.15) is 0 Å². The third kappa shape index (κ3) is 3.83. The fourth-order valence-electron chi connectivity index (χ4n) is 3.01. The molecule has 2 rings (SSSR count). The average molecular weight is 290 g/mol. The van der Waals surface area contributed by atoms with E-state index in [1.165, 1.54) is 11.1 Å². The Morgan fingerprint density at radius 3 is 2.71 bits per heavy atom.